The Morgan fingerprint density at radius 3 is 1.92 bits per heavy atom. The van der Waals surface area contributed by atoms with Gasteiger partial charge in [0.25, 0.3) is 0 Å². The third-order valence-electron chi connectivity index (χ3n) is 17.7. The van der Waals surface area contributed by atoms with Crippen LogP contribution in [-0.4, -0.2) is 169 Å². The Bertz CT molecular complexity index is 1590. The molecule has 16 heteroatoms. The van der Waals surface area contributed by atoms with Crippen molar-refractivity contribution in [1.82, 2.24) is 0 Å². The predicted octanol–water partition coefficient (Wildman–Crippen LogP) is 3.88. The number of methoxy groups -OCH3 is 3. The van der Waals surface area contributed by atoms with Gasteiger partial charge in [-0.1, -0.05) is 25.5 Å². The van der Waals surface area contributed by atoms with Crippen LogP contribution >= 0.6 is 0 Å². The summed E-state index contributed by atoms with van der Waals surface area (Å²) < 4.78 is 67.8. The molecule has 25 atom stereocenters. The van der Waals surface area contributed by atoms with Crippen LogP contribution in [0.3, 0.4) is 0 Å². The van der Waals surface area contributed by atoms with E-state index in [2.05, 4.69) is 19.9 Å². The van der Waals surface area contributed by atoms with Gasteiger partial charge in [-0.3, -0.25) is 0 Å². The lowest BCUT2D eigenvalue weighted by molar-refractivity contribution is -0.364. The molecule has 0 radical (unpaired) electrons. The molecular weight excluding hydrogens is 833 g/mol. The van der Waals surface area contributed by atoms with E-state index < -0.39 is 116 Å². The molecule has 0 spiro atoms. The fourth-order valence-electron chi connectivity index (χ4n) is 14.0. The first-order valence-electron chi connectivity index (χ1n) is 24.3. The molecule has 0 bridgehead atoms. The van der Waals surface area contributed by atoms with Crippen LogP contribution in [0.25, 0.3) is 0 Å². The van der Waals surface area contributed by atoms with E-state index in [9.17, 15) is 25.5 Å². The second kappa shape index (κ2) is 19.5. The van der Waals surface area contributed by atoms with Crippen LogP contribution < -0.4 is 0 Å². The minimum atomic E-state index is -1.23. The van der Waals surface area contributed by atoms with Gasteiger partial charge in [-0.2, -0.15) is 0 Å². The van der Waals surface area contributed by atoms with Crippen molar-refractivity contribution in [3.05, 3.63) is 11.6 Å². The maximum Gasteiger partial charge on any atom is 0.187 e. The normalized spacial score (nSPS) is 53.7. The van der Waals surface area contributed by atoms with Crippen LogP contribution in [0, 0.1) is 28.6 Å². The van der Waals surface area contributed by atoms with E-state index in [1.807, 2.05) is 27.7 Å². The van der Waals surface area contributed by atoms with Crippen molar-refractivity contribution < 1.29 is 77.6 Å². The third kappa shape index (κ3) is 8.94. The van der Waals surface area contributed by atoms with Crippen LogP contribution in [0.4, 0.5) is 0 Å². The lowest BCUT2D eigenvalue weighted by Gasteiger charge is -2.61. The lowest BCUT2D eigenvalue weighted by Crippen LogP contribution is -2.63. The number of aliphatic hydroxyl groups is 5. The summed E-state index contributed by atoms with van der Waals surface area (Å²) in [6.07, 6.45) is -1.99. The monoisotopic (exact) mass is 913 g/mol. The summed E-state index contributed by atoms with van der Waals surface area (Å²) in [5, 5.41) is 56.4. The van der Waals surface area contributed by atoms with Gasteiger partial charge in [0, 0.05) is 46.0 Å². The van der Waals surface area contributed by atoms with E-state index in [-0.39, 0.29) is 35.2 Å². The molecule has 5 N–H and O–H groups in total. The highest BCUT2D eigenvalue weighted by atomic mass is 16.8. The molecule has 3 saturated carbocycles. The Labute approximate surface area is 379 Å². The molecule has 4 aliphatic heterocycles. The summed E-state index contributed by atoms with van der Waals surface area (Å²) in [5.74, 6) is 0.723. The third-order valence-corrected chi connectivity index (χ3v) is 17.7. The zero-order valence-corrected chi connectivity index (χ0v) is 39.8. The van der Waals surface area contributed by atoms with Gasteiger partial charge < -0.3 is 77.6 Å². The van der Waals surface area contributed by atoms with Gasteiger partial charge in [0.2, 0.25) is 0 Å². The van der Waals surface area contributed by atoms with Gasteiger partial charge in [0.1, 0.15) is 36.6 Å². The number of aliphatic hydroxyl groups excluding tert-OH is 4. The van der Waals surface area contributed by atoms with Crippen molar-refractivity contribution >= 4 is 0 Å². The van der Waals surface area contributed by atoms with Crippen molar-refractivity contribution in [3.63, 3.8) is 0 Å². The van der Waals surface area contributed by atoms with Gasteiger partial charge in [-0.05, 0) is 109 Å². The molecule has 4 aliphatic carbocycles. The Kier molecular flexibility index (Phi) is 15.1. The second-order valence-electron chi connectivity index (χ2n) is 21.2. The Morgan fingerprint density at radius 1 is 0.641 bits per heavy atom. The summed E-state index contributed by atoms with van der Waals surface area (Å²) in [7, 11) is 4.61. The van der Waals surface area contributed by atoms with E-state index >= 15 is 0 Å². The molecule has 0 aromatic rings. The minimum absolute atomic E-state index is 0.0000227. The molecule has 8 aliphatic rings. The molecule has 16 nitrogen and oxygen atoms in total. The van der Waals surface area contributed by atoms with Crippen LogP contribution in [0.1, 0.15) is 119 Å². The van der Waals surface area contributed by atoms with Crippen LogP contribution in [0.2, 0.25) is 0 Å². The molecular formula is C48H80O16. The molecule has 64 heavy (non-hydrogen) atoms. The number of ether oxygens (including phenoxy) is 11. The smallest absolute Gasteiger partial charge is 0.187 e. The largest absolute Gasteiger partial charge is 0.393 e. The quantitative estimate of drug-likeness (QED) is 0.177. The topological polar surface area (TPSA) is 203 Å². The molecule has 4 heterocycles. The van der Waals surface area contributed by atoms with Gasteiger partial charge >= 0.3 is 0 Å². The van der Waals surface area contributed by atoms with E-state index in [1.165, 1.54) is 19.8 Å². The molecule has 0 unspecified atom stereocenters. The number of fused-ring (bicyclic) bond motifs is 5. The average molecular weight is 913 g/mol. The average Bonchev–Trinajstić information content (AvgIpc) is 3.54. The number of rotatable bonds is 12. The van der Waals surface area contributed by atoms with Crippen molar-refractivity contribution in [1.29, 1.82) is 0 Å². The van der Waals surface area contributed by atoms with Crippen molar-refractivity contribution in [2.75, 3.05) is 21.3 Å². The first-order valence-corrected chi connectivity index (χ1v) is 24.3. The van der Waals surface area contributed by atoms with Crippen molar-refractivity contribution in [2.45, 2.75) is 241 Å². The summed E-state index contributed by atoms with van der Waals surface area (Å²) in [6, 6.07) is 0. The van der Waals surface area contributed by atoms with Gasteiger partial charge in [0.15, 0.2) is 25.2 Å². The van der Waals surface area contributed by atoms with Gasteiger partial charge in [0.05, 0.1) is 60.5 Å². The fraction of sp³-hybridized carbons (Fsp3) is 0.958. The van der Waals surface area contributed by atoms with Crippen LogP contribution in [0.5, 0.6) is 0 Å². The molecule has 8 rings (SSSR count). The van der Waals surface area contributed by atoms with E-state index in [0.717, 1.165) is 51.4 Å². The van der Waals surface area contributed by atoms with E-state index in [4.69, 9.17) is 52.1 Å². The van der Waals surface area contributed by atoms with Crippen LogP contribution in [-0.2, 0) is 52.1 Å². The van der Waals surface area contributed by atoms with Gasteiger partial charge in [-0.25, -0.2) is 0 Å². The Morgan fingerprint density at radius 2 is 1.27 bits per heavy atom. The first-order chi connectivity index (χ1) is 30.3. The van der Waals surface area contributed by atoms with E-state index in [1.54, 1.807) is 14.0 Å². The Balaban J connectivity index is 0.825. The lowest BCUT2D eigenvalue weighted by atomic mass is 9.45. The molecule has 7 fully saturated rings. The predicted molar refractivity (Wildman–Crippen MR) is 229 cm³/mol. The molecule has 0 aromatic carbocycles. The summed E-state index contributed by atoms with van der Waals surface area (Å²) in [6.45, 7) is 13.8. The van der Waals surface area contributed by atoms with E-state index in [0.29, 0.717) is 18.8 Å². The highest BCUT2D eigenvalue weighted by molar-refractivity contribution is 5.28. The fourth-order valence-corrected chi connectivity index (χ4v) is 14.0. The molecule has 0 aromatic heterocycles. The van der Waals surface area contributed by atoms with Gasteiger partial charge in [-0.15, -0.1) is 0 Å². The molecule has 0 amide bonds. The highest BCUT2D eigenvalue weighted by Crippen LogP contribution is 2.68. The minimum Gasteiger partial charge on any atom is -0.393 e. The van der Waals surface area contributed by atoms with Crippen molar-refractivity contribution in [3.8, 4) is 0 Å². The first kappa shape index (κ1) is 49.5. The molecule has 4 saturated heterocycles. The highest BCUT2D eigenvalue weighted by Gasteiger charge is 2.67. The SMILES string of the molecule is CO[C@H]1[C@H](O)[C@@H](O[C@@H]2[C@@H](C)O[C@@H](O[C@H]3[C@H](O)C[C@H](O[C@H]4CC[C@@]5(C)C(=CC[C@H]6[C@H]5CC[C@@]5(C)[C@H]([C@H](C)O)CC[C@]65O)C4)O[C@@H]3C)C[C@H]2OC)O[C@@H](C)[C@@H]1O[C@H]1C[C@@H](OC)[C@H](O)[C@@H](C)O1. The van der Waals surface area contributed by atoms with Crippen LogP contribution in [0.15, 0.2) is 11.6 Å². The number of hydrogen-bond donors (Lipinski definition) is 5. The summed E-state index contributed by atoms with van der Waals surface area (Å²) >= 11 is 0. The maximum absolute atomic E-state index is 12.4. The number of hydrogen-bond acceptors (Lipinski definition) is 16. The standard InChI is InChI=1S/C48H80O16/c1-23(49)30-15-18-48(53)32-12-11-28-19-29(13-16-46(28,6)31(32)14-17-47(30,48)7)61-36-20-33(50)41(25(3)58-36)62-38-22-35(55-9)42(26(4)59-38)64-45-40(52)44(56-10)43(27(5)60-45)63-37-21-34(54-8)39(51)24(2)57-37/h11,23-27,29-45,49-53H,12-22H2,1-10H3/t23-,24+,25+,26+,27-,29-,30-,31+,32-,33+,34+,35+,36-,37-,38-,39+,40-,41+,42+,43-,44-,45+,46-,47-,48-/m0/s1. The summed E-state index contributed by atoms with van der Waals surface area (Å²) in [5.41, 5.74) is 0.403. The maximum atomic E-state index is 12.4. The number of allylic oxidation sites excluding steroid dienone is 1. The zero-order chi connectivity index (χ0) is 46.0. The summed E-state index contributed by atoms with van der Waals surface area (Å²) in [4.78, 5) is 0. The molecule has 368 valence electrons. The second-order valence-corrected chi connectivity index (χ2v) is 21.2. The van der Waals surface area contributed by atoms with Crippen molar-refractivity contribution in [2.24, 2.45) is 28.6 Å². The zero-order valence-electron chi connectivity index (χ0n) is 39.8. The Hall–Kier alpha value is -0.900.